The SMILES string of the molecule is C=CCOc1cccc(NC(=O)NCc2ccc(F)cc2)c1. The molecule has 2 aromatic carbocycles. The first kappa shape index (κ1) is 15.6. The monoisotopic (exact) mass is 300 g/mol. The molecule has 22 heavy (non-hydrogen) atoms. The zero-order valence-electron chi connectivity index (χ0n) is 12.0. The lowest BCUT2D eigenvalue weighted by Crippen LogP contribution is -2.28. The van der Waals surface area contributed by atoms with Gasteiger partial charge in [0.2, 0.25) is 0 Å². The second-order valence-corrected chi connectivity index (χ2v) is 4.56. The van der Waals surface area contributed by atoms with Gasteiger partial charge >= 0.3 is 6.03 Å². The Bertz CT molecular complexity index is 641. The molecule has 0 saturated carbocycles. The Hall–Kier alpha value is -2.82. The van der Waals surface area contributed by atoms with E-state index in [9.17, 15) is 9.18 Å². The molecule has 0 radical (unpaired) electrons. The largest absolute Gasteiger partial charge is 0.489 e. The molecule has 2 N–H and O–H groups in total. The topological polar surface area (TPSA) is 50.4 Å². The van der Waals surface area contributed by atoms with Crippen molar-refractivity contribution in [3.63, 3.8) is 0 Å². The molecular weight excluding hydrogens is 283 g/mol. The van der Waals surface area contributed by atoms with E-state index in [1.807, 2.05) is 0 Å². The van der Waals surface area contributed by atoms with Crippen molar-refractivity contribution in [2.45, 2.75) is 6.54 Å². The predicted octanol–water partition coefficient (Wildman–Crippen LogP) is 3.71. The third-order valence-corrected chi connectivity index (χ3v) is 2.83. The van der Waals surface area contributed by atoms with Gasteiger partial charge in [0.25, 0.3) is 0 Å². The van der Waals surface area contributed by atoms with Crippen LogP contribution >= 0.6 is 0 Å². The van der Waals surface area contributed by atoms with Crippen molar-refractivity contribution in [1.82, 2.24) is 5.32 Å². The molecule has 0 unspecified atom stereocenters. The molecule has 0 aliphatic rings. The van der Waals surface area contributed by atoms with Crippen LogP contribution in [0.5, 0.6) is 5.75 Å². The highest BCUT2D eigenvalue weighted by Gasteiger charge is 2.03. The molecule has 2 amide bonds. The third kappa shape index (κ3) is 4.94. The van der Waals surface area contributed by atoms with E-state index in [0.29, 0.717) is 24.6 Å². The fraction of sp³-hybridized carbons (Fsp3) is 0.118. The van der Waals surface area contributed by atoms with Gasteiger partial charge in [0.15, 0.2) is 0 Å². The number of hydrogen-bond donors (Lipinski definition) is 2. The third-order valence-electron chi connectivity index (χ3n) is 2.83. The second kappa shape index (κ2) is 7.83. The van der Waals surface area contributed by atoms with Crippen LogP contribution in [0.2, 0.25) is 0 Å². The van der Waals surface area contributed by atoms with E-state index in [1.54, 1.807) is 42.5 Å². The molecule has 0 spiro atoms. The molecule has 4 nitrogen and oxygen atoms in total. The Morgan fingerprint density at radius 2 is 2.00 bits per heavy atom. The summed E-state index contributed by atoms with van der Waals surface area (Å²) in [4.78, 5) is 11.8. The summed E-state index contributed by atoms with van der Waals surface area (Å²) in [7, 11) is 0. The van der Waals surface area contributed by atoms with Crippen molar-refractivity contribution in [1.29, 1.82) is 0 Å². The maximum Gasteiger partial charge on any atom is 0.319 e. The van der Waals surface area contributed by atoms with E-state index in [4.69, 9.17) is 4.74 Å². The van der Waals surface area contributed by atoms with Crippen LogP contribution in [-0.2, 0) is 6.54 Å². The van der Waals surface area contributed by atoms with Gasteiger partial charge in [0, 0.05) is 18.3 Å². The molecule has 0 heterocycles. The zero-order valence-corrected chi connectivity index (χ0v) is 12.0. The molecular formula is C17H17FN2O2. The number of anilines is 1. The van der Waals surface area contributed by atoms with Crippen molar-refractivity contribution in [3.8, 4) is 5.75 Å². The van der Waals surface area contributed by atoms with Crippen LogP contribution in [0.4, 0.5) is 14.9 Å². The molecule has 0 fully saturated rings. The number of nitrogens with one attached hydrogen (secondary N) is 2. The minimum Gasteiger partial charge on any atom is -0.489 e. The minimum absolute atomic E-state index is 0.301. The lowest BCUT2D eigenvalue weighted by Gasteiger charge is -2.09. The molecule has 114 valence electrons. The maximum absolute atomic E-state index is 12.8. The summed E-state index contributed by atoms with van der Waals surface area (Å²) in [5.74, 6) is 0.348. The van der Waals surface area contributed by atoms with Gasteiger partial charge < -0.3 is 15.4 Å². The van der Waals surface area contributed by atoms with Crippen molar-refractivity contribution < 1.29 is 13.9 Å². The van der Waals surface area contributed by atoms with Gasteiger partial charge in [-0.05, 0) is 29.8 Å². The molecule has 5 heteroatoms. The summed E-state index contributed by atoms with van der Waals surface area (Å²) in [6, 6.07) is 12.7. The molecule has 0 aromatic heterocycles. The highest BCUT2D eigenvalue weighted by atomic mass is 19.1. The van der Waals surface area contributed by atoms with Gasteiger partial charge in [-0.2, -0.15) is 0 Å². The fourth-order valence-electron chi connectivity index (χ4n) is 1.78. The summed E-state index contributed by atoms with van der Waals surface area (Å²) in [5, 5.41) is 5.41. The summed E-state index contributed by atoms with van der Waals surface area (Å²) < 4.78 is 18.2. The van der Waals surface area contributed by atoms with Crippen LogP contribution < -0.4 is 15.4 Å². The lowest BCUT2D eigenvalue weighted by molar-refractivity contribution is 0.251. The molecule has 0 aliphatic heterocycles. The summed E-state index contributed by atoms with van der Waals surface area (Å²) in [6.07, 6.45) is 1.65. The number of carbonyl (C=O) groups excluding carboxylic acids is 1. The van der Waals surface area contributed by atoms with E-state index in [-0.39, 0.29) is 11.8 Å². The fourth-order valence-corrected chi connectivity index (χ4v) is 1.78. The van der Waals surface area contributed by atoms with Gasteiger partial charge in [-0.15, -0.1) is 0 Å². The van der Waals surface area contributed by atoms with E-state index in [0.717, 1.165) is 5.56 Å². The number of carbonyl (C=O) groups is 1. The first-order valence-electron chi connectivity index (χ1n) is 6.80. The van der Waals surface area contributed by atoms with Crippen LogP contribution in [0, 0.1) is 5.82 Å². The maximum atomic E-state index is 12.8. The number of urea groups is 1. The molecule has 0 bridgehead atoms. The van der Waals surface area contributed by atoms with Gasteiger partial charge in [-0.3, -0.25) is 0 Å². The van der Waals surface area contributed by atoms with E-state index in [1.165, 1.54) is 12.1 Å². The Balaban J connectivity index is 1.86. The van der Waals surface area contributed by atoms with Gasteiger partial charge in [0.1, 0.15) is 18.2 Å². The molecule has 0 atom stereocenters. The Kier molecular flexibility index (Phi) is 5.54. The van der Waals surface area contributed by atoms with Crippen LogP contribution in [0.15, 0.2) is 61.2 Å². The quantitative estimate of drug-likeness (QED) is 0.799. The zero-order chi connectivity index (χ0) is 15.8. The molecule has 0 aliphatic carbocycles. The van der Waals surface area contributed by atoms with E-state index < -0.39 is 0 Å². The van der Waals surface area contributed by atoms with Crippen molar-refractivity contribution >= 4 is 11.7 Å². The molecule has 0 saturated heterocycles. The van der Waals surface area contributed by atoms with Crippen molar-refractivity contribution in [2.75, 3.05) is 11.9 Å². The van der Waals surface area contributed by atoms with Crippen LogP contribution in [0.25, 0.3) is 0 Å². The van der Waals surface area contributed by atoms with Crippen molar-refractivity contribution in [2.24, 2.45) is 0 Å². The Morgan fingerprint density at radius 3 is 2.73 bits per heavy atom. The number of rotatable bonds is 6. The smallest absolute Gasteiger partial charge is 0.319 e. The highest BCUT2D eigenvalue weighted by Crippen LogP contribution is 2.17. The van der Waals surface area contributed by atoms with E-state index >= 15 is 0 Å². The number of benzene rings is 2. The highest BCUT2D eigenvalue weighted by molar-refractivity contribution is 5.89. The molecule has 2 rings (SSSR count). The second-order valence-electron chi connectivity index (χ2n) is 4.56. The van der Waals surface area contributed by atoms with Gasteiger partial charge in [-0.1, -0.05) is 30.9 Å². The average molecular weight is 300 g/mol. The van der Waals surface area contributed by atoms with Crippen LogP contribution in [-0.4, -0.2) is 12.6 Å². The van der Waals surface area contributed by atoms with Crippen molar-refractivity contribution in [3.05, 3.63) is 72.6 Å². The minimum atomic E-state index is -0.342. The molecule has 2 aromatic rings. The first-order chi connectivity index (χ1) is 10.7. The number of amides is 2. The first-order valence-corrected chi connectivity index (χ1v) is 6.80. The average Bonchev–Trinajstić information content (AvgIpc) is 2.53. The van der Waals surface area contributed by atoms with Gasteiger partial charge in [0.05, 0.1) is 0 Å². The lowest BCUT2D eigenvalue weighted by atomic mass is 10.2. The normalized spacial score (nSPS) is 9.86. The Labute approximate surface area is 128 Å². The predicted molar refractivity (Wildman–Crippen MR) is 84.4 cm³/mol. The number of hydrogen-bond acceptors (Lipinski definition) is 2. The van der Waals surface area contributed by atoms with Crippen LogP contribution in [0.3, 0.4) is 0 Å². The Morgan fingerprint density at radius 1 is 1.23 bits per heavy atom. The number of ether oxygens (including phenoxy) is 1. The van der Waals surface area contributed by atoms with Crippen LogP contribution in [0.1, 0.15) is 5.56 Å². The summed E-state index contributed by atoms with van der Waals surface area (Å²) >= 11 is 0. The summed E-state index contributed by atoms with van der Waals surface area (Å²) in [5.41, 5.74) is 1.44. The summed E-state index contributed by atoms with van der Waals surface area (Å²) in [6.45, 7) is 4.30. The standard InChI is InChI=1S/C17H17FN2O2/c1-2-10-22-16-5-3-4-15(11-16)20-17(21)19-12-13-6-8-14(18)9-7-13/h2-9,11H,1,10,12H2,(H2,19,20,21). The van der Waals surface area contributed by atoms with Gasteiger partial charge in [-0.25, -0.2) is 9.18 Å². The number of halogens is 1. The van der Waals surface area contributed by atoms with E-state index in [2.05, 4.69) is 17.2 Å².